The number of methoxy groups -OCH3 is 2. The van der Waals surface area contributed by atoms with Crippen LogP contribution in [0.4, 0.5) is 5.69 Å². The van der Waals surface area contributed by atoms with Gasteiger partial charge < -0.3 is 18.9 Å². The summed E-state index contributed by atoms with van der Waals surface area (Å²) in [5, 5.41) is 4.22. The Bertz CT molecular complexity index is 1140. The summed E-state index contributed by atoms with van der Waals surface area (Å²) in [5.41, 5.74) is 0.317. The van der Waals surface area contributed by atoms with Gasteiger partial charge >= 0.3 is 0 Å². The quantitative estimate of drug-likeness (QED) is 0.613. The van der Waals surface area contributed by atoms with E-state index in [1.54, 1.807) is 16.9 Å². The molecule has 2 aromatic carbocycles. The molecule has 4 rings (SSSR count). The van der Waals surface area contributed by atoms with Crippen molar-refractivity contribution in [2.24, 2.45) is 0 Å². The number of rotatable bonds is 7. The smallest absolute Gasteiger partial charge is 0.265 e. The molecule has 0 spiro atoms. The summed E-state index contributed by atoms with van der Waals surface area (Å²) in [6.45, 7) is 0.775. The zero-order valence-corrected chi connectivity index (χ0v) is 17.3. The lowest BCUT2D eigenvalue weighted by molar-refractivity contribution is 0.0759. The second-order valence-electron chi connectivity index (χ2n) is 6.57. The highest BCUT2D eigenvalue weighted by Crippen LogP contribution is 2.32. The number of aromatic nitrogens is 2. The number of sulfonamides is 1. The van der Waals surface area contributed by atoms with E-state index < -0.39 is 10.0 Å². The number of hydrogen-bond donors (Lipinski definition) is 1. The molecule has 10 heteroatoms. The van der Waals surface area contributed by atoms with Crippen LogP contribution in [0.25, 0.3) is 0 Å². The highest BCUT2D eigenvalue weighted by atomic mass is 32.2. The van der Waals surface area contributed by atoms with Gasteiger partial charge in [-0.3, -0.25) is 9.40 Å². The molecule has 0 bridgehead atoms. The standard InChI is InChI=1S/C20H21N3O6S/c1-26-15-7-8-19(27-2)20(9-15)30(24,25)22-14-10-21-23(11-14)12-16-13-28-17-5-3-4-6-18(17)29-16/h3-11,16,22H,12-13H2,1-2H3/t16-/m0/s1. The van der Waals surface area contributed by atoms with E-state index in [0.29, 0.717) is 36.1 Å². The monoisotopic (exact) mass is 431 g/mol. The number of fused-ring (bicyclic) bond motifs is 1. The van der Waals surface area contributed by atoms with Gasteiger partial charge in [0.1, 0.15) is 23.0 Å². The molecule has 3 aromatic rings. The van der Waals surface area contributed by atoms with E-state index in [0.717, 1.165) is 0 Å². The molecular weight excluding hydrogens is 410 g/mol. The molecule has 0 aliphatic carbocycles. The summed E-state index contributed by atoms with van der Waals surface area (Å²) in [7, 11) is -1.04. The fourth-order valence-corrected chi connectivity index (χ4v) is 4.30. The Labute approximate surface area is 174 Å². The molecule has 1 aromatic heterocycles. The molecule has 30 heavy (non-hydrogen) atoms. The van der Waals surface area contributed by atoms with Crippen LogP contribution in [0.15, 0.2) is 59.8 Å². The van der Waals surface area contributed by atoms with Crippen molar-refractivity contribution in [2.75, 3.05) is 25.5 Å². The lowest BCUT2D eigenvalue weighted by atomic mass is 10.2. The highest BCUT2D eigenvalue weighted by Gasteiger charge is 2.23. The number of ether oxygens (including phenoxy) is 4. The van der Waals surface area contributed by atoms with E-state index in [2.05, 4.69) is 9.82 Å². The minimum absolute atomic E-state index is 0.0299. The van der Waals surface area contributed by atoms with Crippen molar-refractivity contribution in [1.82, 2.24) is 9.78 Å². The lowest BCUT2D eigenvalue weighted by Crippen LogP contribution is -2.33. The Morgan fingerprint density at radius 2 is 1.97 bits per heavy atom. The third-order valence-electron chi connectivity index (χ3n) is 4.50. The molecule has 1 aliphatic heterocycles. The first-order valence-electron chi connectivity index (χ1n) is 9.14. The summed E-state index contributed by atoms with van der Waals surface area (Å²) < 4.78 is 51.7. The second-order valence-corrected chi connectivity index (χ2v) is 8.22. The molecule has 0 fully saturated rings. The van der Waals surface area contributed by atoms with Gasteiger partial charge in [-0.25, -0.2) is 8.42 Å². The second kappa shape index (κ2) is 8.15. The van der Waals surface area contributed by atoms with Crippen LogP contribution in [-0.2, 0) is 16.6 Å². The topological polar surface area (TPSA) is 101 Å². The predicted molar refractivity (Wildman–Crippen MR) is 109 cm³/mol. The van der Waals surface area contributed by atoms with Gasteiger partial charge in [-0.2, -0.15) is 5.10 Å². The van der Waals surface area contributed by atoms with Crippen molar-refractivity contribution in [2.45, 2.75) is 17.5 Å². The minimum atomic E-state index is -3.91. The third kappa shape index (κ3) is 4.13. The number of para-hydroxylation sites is 2. The summed E-state index contributed by atoms with van der Waals surface area (Å²) in [4.78, 5) is -0.0299. The first-order chi connectivity index (χ1) is 14.5. The zero-order chi connectivity index (χ0) is 21.1. The number of anilines is 1. The molecule has 1 atom stereocenters. The number of hydrogen-bond acceptors (Lipinski definition) is 7. The van der Waals surface area contributed by atoms with Gasteiger partial charge in [-0.05, 0) is 24.3 Å². The van der Waals surface area contributed by atoms with Crippen LogP contribution in [-0.4, -0.2) is 45.1 Å². The maximum Gasteiger partial charge on any atom is 0.265 e. The van der Waals surface area contributed by atoms with Gasteiger partial charge in [-0.1, -0.05) is 12.1 Å². The number of nitrogens with zero attached hydrogens (tertiary/aromatic N) is 2. The molecule has 0 saturated carbocycles. The number of benzene rings is 2. The van der Waals surface area contributed by atoms with Crippen molar-refractivity contribution in [1.29, 1.82) is 0 Å². The maximum absolute atomic E-state index is 12.9. The van der Waals surface area contributed by atoms with Crippen molar-refractivity contribution >= 4 is 15.7 Å². The summed E-state index contributed by atoms with van der Waals surface area (Å²) in [6, 6.07) is 12.0. The minimum Gasteiger partial charge on any atom is -0.497 e. The van der Waals surface area contributed by atoms with Crippen molar-refractivity contribution in [3.05, 3.63) is 54.9 Å². The molecular formula is C20H21N3O6S. The Kier molecular flexibility index (Phi) is 5.40. The third-order valence-corrected chi connectivity index (χ3v) is 5.91. The van der Waals surface area contributed by atoms with Crippen LogP contribution in [0, 0.1) is 0 Å². The maximum atomic E-state index is 12.9. The van der Waals surface area contributed by atoms with Crippen LogP contribution < -0.4 is 23.7 Å². The molecule has 9 nitrogen and oxygen atoms in total. The van der Waals surface area contributed by atoms with E-state index in [1.807, 2.05) is 24.3 Å². The Morgan fingerprint density at radius 1 is 1.17 bits per heavy atom. The summed E-state index contributed by atoms with van der Waals surface area (Å²) in [6.07, 6.45) is 2.78. The van der Waals surface area contributed by atoms with Crippen molar-refractivity contribution < 1.29 is 27.4 Å². The van der Waals surface area contributed by atoms with Gasteiger partial charge in [-0.15, -0.1) is 0 Å². The molecule has 2 heterocycles. The van der Waals surface area contributed by atoms with Crippen LogP contribution >= 0.6 is 0 Å². The van der Waals surface area contributed by atoms with Crippen LogP contribution in [0.2, 0.25) is 0 Å². The average Bonchev–Trinajstić information content (AvgIpc) is 3.19. The normalized spacial score (nSPS) is 15.5. The SMILES string of the molecule is COc1ccc(OC)c(S(=O)(=O)Nc2cnn(C[C@H]3COc4ccccc4O3)c2)c1. The van der Waals surface area contributed by atoms with Gasteiger partial charge in [0.15, 0.2) is 17.6 Å². The van der Waals surface area contributed by atoms with E-state index in [4.69, 9.17) is 18.9 Å². The Morgan fingerprint density at radius 3 is 2.73 bits per heavy atom. The van der Waals surface area contributed by atoms with Gasteiger partial charge in [0.2, 0.25) is 0 Å². The van der Waals surface area contributed by atoms with E-state index in [9.17, 15) is 8.42 Å². The molecule has 0 unspecified atom stereocenters. The molecule has 0 radical (unpaired) electrons. The first-order valence-corrected chi connectivity index (χ1v) is 10.6. The molecule has 1 N–H and O–H groups in total. The summed E-state index contributed by atoms with van der Waals surface area (Å²) in [5.74, 6) is 1.99. The van der Waals surface area contributed by atoms with E-state index in [1.165, 1.54) is 32.5 Å². The van der Waals surface area contributed by atoms with Gasteiger partial charge in [0.25, 0.3) is 10.0 Å². The predicted octanol–water partition coefficient (Wildman–Crippen LogP) is 2.54. The largest absolute Gasteiger partial charge is 0.497 e. The summed E-state index contributed by atoms with van der Waals surface area (Å²) >= 11 is 0. The zero-order valence-electron chi connectivity index (χ0n) is 16.4. The molecule has 158 valence electrons. The van der Waals surface area contributed by atoms with Crippen LogP contribution in [0.3, 0.4) is 0 Å². The fourth-order valence-electron chi connectivity index (χ4n) is 3.08. The number of nitrogens with one attached hydrogen (secondary N) is 1. The van der Waals surface area contributed by atoms with Crippen molar-refractivity contribution in [3.8, 4) is 23.0 Å². The molecule has 0 amide bonds. The van der Waals surface area contributed by atoms with Gasteiger partial charge in [0.05, 0.1) is 32.6 Å². The van der Waals surface area contributed by atoms with Crippen LogP contribution in [0.5, 0.6) is 23.0 Å². The van der Waals surface area contributed by atoms with Gasteiger partial charge in [0, 0.05) is 12.3 Å². The Hall–Kier alpha value is -3.40. The van der Waals surface area contributed by atoms with E-state index in [-0.39, 0.29) is 16.7 Å². The van der Waals surface area contributed by atoms with Crippen LogP contribution in [0.1, 0.15) is 0 Å². The van der Waals surface area contributed by atoms with Crippen molar-refractivity contribution in [3.63, 3.8) is 0 Å². The van der Waals surface area contributed by atoms with E-state index >= 15 is 0 Å². The molecule has 1 aliphatic rings. The lowest BCUT2D eigenvalue weighted by Gasteiger charge is -2.26. The molecule has 0 saturated heterocycles. The fraction of sp³-hybridized carbons (Fsp3) is 0.250. The highest BCUT2D eigenvalue weighted by molar-refractivity contribution is 7.92. The average molecular weight is 431 g/mol. The first kappa shape index (κ1) is 19.9. The Balaban J connectivity index is 1.47.